The maximum Gasteiger partial charge on any atom is 0.344 e. The van der Waals surface area contributed by atoms with E-state index in [1.807, 2.05) is 4.90 Å². The average molecular weight is 427 g/mol. The van der Waals surface area contributed by atoms with Crippen molar-refractivity contribution in [2.45, 2.75) is 13.5 Å². The van der Waals surface area contributed by atoms with Crippen LogP contribution in [-0.2, 0) is 16.1 Å². The fourth-order valence-corrected chi connectivity index (χ4v) is 4.01. The number of aromatic nitrogens is 2. The number of morpholine rings is 1. The second-order valence-corrected chi connectivity index (χ2v) is 8.00. The molecule has 0 N–H and O–H groups in total. The molecule has 0 atom stereocenters. The number of piperazine rings is 1. The molecule has 0 bridgehead atoms. The molecule has 4 rings (SSSR count). The maximum absolute atomic E-state index is 12.8. The highest BCUT2D eigenvalue weighted by atomic mass is 16.5. The van der Waals surface area contributed by atoms with Crippen LogP contribution in [0.4, 0.5) is 16.2 Å². The van der Waals surface area contributed by atoms with E-state index in [2.05, 4.69) is 39.2 Å². The monoisotopic (exact) mass is 426 g/mol. The van der Waals surface area contributed by atoms with Gasteiger partial charge in [-0.15, -0.1) is 0 Å². The summed E-state index contributed by atoms with van der Waals surface area (Å²) in [5, 5.41) is 4.15. The van der Waals surface area contributed by atoms with E-state index in [4.69, 9.17) is 4.74 Å². The zero-order valence-corrected chi connectivity index (χ0v) is 18.2. The minimum Gasteiger partial charge on any atom is -0.378 e. The van der Waals surface area contributed by atoms with Gasteiger partial charge in [0.25, 0.3) is 0 Å². The highest BCUT2D eigenvalue weighted by Crippen LogP contribution is 2.23. The smallest absolute Gasteiger partial charge is 0.344 e. The molecule has 0 aliphatic carbocycles. The number of carbonyl (C=O) groups excluding carboxylic acids is 2. The summed E-state index contributed by atoms with van der Waals surface area (Å²) in [5.41, 5.74) is 3.20. The molecule has 0 spiro atoms. The first-order valence-electron chi connectivity index (χ1n) is 10.7. The molecule has 31 heavy (non-hydrogen) atoms. The summed E-state index contributed by atoms with van der Waals surface area (Å²) in [4.78, 5) is 32.4. The number of para-hydroxylation sites is 1. The van der Waals surface area contributed by atoms with Gasteiger partial charge in [-0.05, 0) is 11.6 Å². The van der Waals surface area contributed by atoms with Gasteiger partial charge in [0.15, 0.2) is 0 Å². The Bertz CT molecular complexity index is 915. The third-order valence-electron chi connectivity index (χ3n) is 6.00. The van der Waals surface area contributed by atoms with Crippen LogP contribution in [-0.4, -0.2) is 91.0 Å². The number of hydrogen-bond donors (Lipinski definition) is 0. The Morgan fingerprint density at radius 1 is 1.06 bits per heavy atom. The normalized spacial score (nSPS) is 17.6. The third kappa shape index (κ3) is 4.88. The first-order chi connectivity index (χ1) is 15.0. The SMILES string of the molecule is CC(=O)N(C)c1cnn(C(=O)N2CCN(Cc3ccccc3N3CCOCC3)CC2)c1. The van der Waals surface area contributed by atoms with Crippen LogP contribution < -0.4 is 9.80 Å². The van der Waals surface area contributed by atoms with Gasteiger partial charge in [0.2, 0.25) is 5.91 Å². The van der Waals surface area contributed by atoms with E-state index in [1.165, 1.54) is 34.0 Å². The molecular weight excluding hydrogens is 396 g/mol. The van der Waals surface area contributed by atoms with E-state index in [9.17, 15) is 9.59 Å². The summed E-state index contributed by atoms with van der Waals surface area (Å²) >= 11 is 0. The zero-order chi connectivity index (χ0) is 21.8. The molecule has 2 amide bonds. The van der Waals surface area contributed by atoms with E-state index in [0.717, 1.165) is 45.9 Å². The molecule has 1 aromatic carbocycles. The maximum atomic E-state index is 12.8. The first-order valence-corrected chi connectivity index (χ1v) is 10.7. The van der Waals surface area contributed by atoms with Crippen molar-refractivity contribution in [3.05, 3.63) is 42.2 Å². The average Bonchev–Trinajstić information content (AvgIpc) is 3.30. The van der Waals surface area contributed by atoms with Crippen LogP contribution in [0.2, 0.25) is 0 Å². The van der Waals surface area contributed by atoms with E-state index < -0.39 is 0 Å². The lowest BCUT2D eigenvalue weighted by Crippen LogP contribution is -2.49. The van der Waals surface area contributed by atoms with E-state index in [-0.39, 0.29) is 11.9 Å². The molecule has 2 aliphatic rings. The van der Waals surface area contributed by atoms with E-state index in [0.29, 0.717) is 18.8 Å². The lowest BCUT2D eigenvalue weighted by atomic mass is 10.1. The number of benzene rings is 1. The standard InChI is InChI=1S/C22H30N6O3/c1-18(29)24(2)20-15-23-28(17-20)22(30)27-9-7-25(8-10-27)16-19-5-3-4-6-21(19)26-11-13-31-14-12-26/h3-6,15,17H,7-14,16H2,1-2H3. The Morgan fingerprint density at radius 2 is 1.77 bits per heavy atom. The summed E-state index contributed by atoms with van der Waals surface area (Å²) in [6.45, 7) is 8.65. The van der Waals surface area contributed by atoms with Gasteiger partial charge in [0.05, 0.1) is 31.3 Å². The van der Waals surface area contributed by atoms with Gasteiger partial charge in [-0.25, -0.2) is 4.79 Å². The van der Waals surface area contributed by atoms with Crippen molar-refractivity contribution >= 4 is 23.3 Å². The fourth-order valence-electron chi connectivity index (χ4n) is 4.01. The molecule has 0 radical (unpaired) electrons. The Labute approximate surface area is 182 Å². The van der Waals surface area contributed by atoms with Crippen LogP contribution in [0.25, 0.3) is 0 Å². The quantitative estimate of drug-likeness (QED) is 0.738. The molecule has 0 saturated carbocycles. The summed E-state index contributed by atoms with van der Waals surface area (Å²) in [6, 6.07) is 8.41. The summed E-state index contributed by atoms with van der Waals surface area (Å²) in [7, 11) is 1.67. The van der Waals surface area contributed by atoms with E-state index >= 15 is 0 Å². The first kappa shape index (κ1) is 21.3. The van der Waals surface area contributed by atoms with Gasteiger partial charge in [0.1, 0.15) is 0 Å². The number of amides is 2. The lowest BCUT2D eigenvalue weighted by molar-refractivity contribution is -0.116. The molecule has 2 aliphatic heterocycles. The van der Waals surface area contributed by atoms with Gasteiger partial charge in [0, 0.05) is 65.5 Å². The molecule has 3 heterocycles. The molecule has 166 valence electrons. The number of rotatable bonds is 4. The number of carbonyl (C=O) groups is 2. The Morgan fingerprint density at radius 3 is 2.48 bits per heavy atom. The fraction of sp³-hybridized carbons (Fsp3) is 0.500. The van der Waals surface area contributed by atoms with E-state index in [1.54, 1.807) is 13.2 Å². The number of hydrogen-bond acceptors (Lipinski definition) is 6. The van der Waals surface area contributed by atoms with Crippen molar-refractivity contribution < 1.29 is 14.3 Å². The molecule has 0 unspecified atom stereocenters. The predicted octanol–water partition coefficient (Wildman–Crippen LogP) is 1.49. The molecule has 2 saturated heterocycles. The van der Waals surface area contributed by atoms with Crippen LogP contribution in [0.5, 0.6) is 0 Å². The summed E-state index contributed by atoms with van der Waals surface area (Å²) in [6.07, 6.45) is 3.15. The highest BCUT2D eigenvalue weighted by Gasteiger charge is 2.24. The Balaban J connectivity index is 1.34. The molecule has 9 nitrogen and oxygen atoms in total. The summed E-state index contributed by atoms with van der Waals surface area (Å²) in [5.74, 6) is -0.0991. The van der Waals surface area contributed by atoms with Crippen molar-refractivity contribution in [3.8, 4) is 0 Å². The minimum absolute atomic E-state index is 0.0991. The Hall–Kier alpha value is -2.91. The lowest BCUT2D eigenvalue weighted by Gasteiger charge is -2.36. The predicted molar refractivity (Wildman–Crippen MR) is 118 cm³/mol. The molecule has 1 aromatic heterocycles. The van der Waals surface area contributed by atoms with Gasteiger partial charge < -0.3 is 19.4 Å². The third-order valence-corrected chi connectivity index (χ3v) is 6.00. The van der Waals surface area contributed by atoms with Crippen molar-refractivity contribution in [1.82, 2.24) is 19.6 Å². The molecular formula is C22H30N6O3. The van der Waals surface area contributed by atoms with Crippen molar-refractivity contribution in [1.29, 1.82) is 0 Å². The van der Waals surface area contributed by atoms with Crippen LogP contribution in [0.1, 0.15) is 12.5 Å². The van der Waals surface area contributed by atoms with Gasteiger partial charge in [-0.1, -0.05) is 18.2 Å². The second-order valence-electron chi connectivity index (χ2n) is 8.00. The zero-order valence-electron chi connectivity index (χ0n) is 18.2. The number of anilines is 2. The molecule has 2 fully saturated rings. The van der Waals surface area contributed by atoms with Crippen molar-refractivity contribution in [3.63, 3.8) is 0 Å². The number of ether oxygens (including phenoxy) is 1. The van der Waals surface area contributed by atoms with Gasteiger partial charge in [-0.2, -0.15) is 9.78 Å². The molecule has 2 aromatic rings. The van der Waals surface area contributed by atoms with Crippen molar-refractivity contribution in [2.24, 2.45) is 0 Å². The largest absolute Gasteiger partial charge is 0.378 e. The van der Waals surface area contributed by atoms with Crippen LogP contribution in [0.3, 0.4) is 0 Å². The second kappa shape index (κ2) is 9.49. The minimum atomic E-state index is -0.156. The number of nitrogens with zero attached hydrogens (tertiary/aromatic N) is 6. The van der Waals surface area contributed by atoms with Crippen molar-refractivity contribution in [2.75, 3.05) is 69.3 Å². The van der Waals surface area contributed by atoms with Gasteiger partial charge in [-0.3, -0.25) is 9.69 Å². The highest BCUT2D eigenvalue weighted by molar-refractivity contribution is 5.91. The van der Waals surface area contributed by atoms with Gasteiger partial charge >= 0.3 is 6.03 Å². The summed E-state index contributed by atoms with van der Waals surface area (Å²) < 4.78 is 6.81. The van der Waals surface area contributed by atoms with Crippen LogP contribution >= 0.6 is 0 Å². The topological polar surface area (TPSA) is 74.2 Å². The van der Waals surface area contributed by atoms with Crippen LogP contribution in [0.15, 0.2) is 36.7 Å². The Kier molecular flexibility index (Phi) is 6.53. The van der Waals surface area contributed by atoms with Crippen LogP contribution in [0, 0.1) is 0 Å². The molecule has 9 heteroatoms.